The number of urea groups is 1. The van der Waals surface area contributed by atoms with E-state index in [1.165, 1.54) is 0 Å². The fraction of sp³-hybridized carbons (Fsp3) is 0.429. The zero-order chi connectivity index (χ0) is 21.4. The molecule has 2 fully saturated rings. The first-order chi connectivity index (χ1) is 15.1. The molecule has 10 heteroatoms. The standard InChI is InChI=1S/C21H25N7O3/c1-22-21(30)24-14-4-2-13(3-5-14)18-25-19(27-11-15-6-7-16(12-27)31-15)17-10-23-28(8-9-29)20(17)26-18/h2-5,10,15-16,29H,6-9,11-12H2,1H3,(H2,22,24,30). The first-order valence-electron chi connectivity index (χ1n) is 10.5. The molecule has 31 heavy (non-hydrogen) atoms. The van der Waals surface area contributed by atoms with Crippen molar-refractivity contribution in [3.05, 3.63) is 30.5 Å². The molecule has 0 aliphatic carbocycles. The molecule has 2 amide bonds. The van der Waals surface area contributed by atoms with Crippen LogP contribution in [-0.2, 0) is 11.3 Å². The van der Waals surface area contributed by atoms with Gasteiger partial charge < -0.3 is 25.4 Å². The van der Waals surface area contributed by atoms with Crippen LogP contribution in [0.5, 0.6) is 0 Å². The molecular formula is C21H25N7O3. The number of anilines is 2. The van der Waals surface area contributed by atoms with Crippen molar-refractivity contribution in [2.45, 2.75) is 31.6 Å². The summed E-state index contributed by atoms with van der Waals surface area (Å²) in [6.45, 7) is 1.93. The van der Waals surface area contributed by atoms with Crippen LogP contribution in [-0.4, -0.2) is 69.8 Å². The number of nitrogens with zero attached hydrogens (tertiary/aromatic N) is 5. The van der Waals surface area contributed by atoms with Crippen molar-refractivity contribution in [2.24, 2.45) is 0 Å². The number of hydrogen-bond donors (Lipinski definition) is 3. The summed E-state index contributed by atoms with van der Waals surface area (Å²) in [4.78, 5) is 23.5. The van der Waals surface area contributed by atoms with E-state index in [-0.39, 0.29) is 24.8 Å². The van der Waals surface area contributed by atoms with Crippen LogP contribution in [0.1, 0.15) is 12.8 Å². The number of rotatable bonds is 5. The summed E-state index contributed by atoms with van der Waals surface area (Å²) in [6.07, 6.45) is 4.39. The van der Waals surface area contributed by atoms with Gasteiger partial charge in [0, 0.05) is 31.4 Å². The van der Waals surface area contributed by atoms with Crippen LogP contribution in [0.4, 0.5) is 16.3 Å². The monoisotopic (exact) mass is 423 g/mol. The van der Waals surface area contributed by atoms with Crippen LogP contribution < -0.4 is 15.5 Å². The Kier molecular flexibility index (Phi) is 5.16. The van der Waals surface area contributed by atoms with Gasteiger partial charge in [0.15, 0.2) is 11.5 Å². The number of carbonyl (C=O) groups excluding carboxylic acids is 1. The van der Waals surface area contributed by atoms with E-state index in [1.54, 1.807) is 17.9 Å². The minimum atomic E-state index is -0.275. The summed E-state index contributed by atoms with van der Waals surface area (Å²) in [6, 6.07) is 7.12. The van der Waals surface area contributed by atoms with Gasteiger partial charge in [-0.25, -0.2) is 19.4 Å². The Hall–Kier alpha value is -3.24. The van der Waals surface area contributed by atoms with Crippen LogP contribution in [0.3, 0.4) is 0 Å². The van der Waals surface area contributed by atoms with Gasteiger partial charge in [0.1, 0.15) is 5.82 Å². The summed E-state index contributed by atoms with van der Waals surface area (Å²) in [5.74, 6) is 1.42. The van der Waals surface area contributed by atoms with Crippen LogP contribution in [0.25, 0.3) is 22.4 Å². The minimum absolute atomic E-state index is 0.0208. The zero-order valence-corrected chi connectivity index (χ0v) is 17.3. The first-order valence-corrected chi connectivity index (χ1v) is 10.5. The molecule has 2 aliphatic heterocycles. The highest BCUT2D eigenvalue weighted by atomic mass is 16.5. The molecule has 3 aromatic rings. The van der Waals surface area contributed by atoms with E-state index in [4.69, 9.17) is 14.7 Å². The van der Waals surface area contributed by atoms with Crippen LogP contribution in [0.15, 0.2) is 30.5 Å². The Labute approximate surface area is 179 Å². The molecule has 10 nitrogen and oxygen atoms in total. The predicted octanol–water partition coefficient (Wildman–Crippen LogP) is 1.60. The van der Waals surface area contributed by atoms with E-state index in [0.29, 0.717) is 23.7 Å². The number of carbonyl (C=O) groups is 1. The average molecular weight is 423 g/mol. The molecule has 2 bridgehead atoms. The topological polar surface area (TPSA) is 117 Å². The SMILES string of the molecule is CNC(=O)Nc1ccc(-c2nc(N3CC4CCC(C3)O4)c3cnn(CCO)c3n2)cc1. The second kappa shape index (κ2) is 8.12. The largest absolute Gasteiger partial charge is 0.394 e. The van der Waals surface area contributed by atoms with Crippen LogP contribution in [0, 0.1) is 0 Å². The highest BCUT2D eigenvalue weighted by Gasteiger charge is 2.35. The van der Waals surface area contributed by atoms with Crippen LogP contribution >= 0.6 is 0 Å². The molecule has 0 saturated carbocycles. The Balaban J connectivity index is 1.55. The minimum Gasteiger partial charge on any atom is -0.394 e. The molecule has 162 valence electrons. The number of morpholine rings is 1. The van der Waals surface area contributed by atoms with Gasteiger partial charge in [-0.3, -0.25) is 0 Å². The Bertz CT molecular complexity index is 1090. The molecule has 0 spiro atoms. The molecule has 3 N–H and O–H groups in total. The molecule has 2 unspecified atom stereocenters. The summed E-state index contributed by atoms with van der Waals surface area (Å²) >= 11 is 0. The maximum absolute atomic E-state index is 11.5. The maximum Gasteiger partial charge on any atom is 0.318 e. The molecule has 0 radical (unpaired) electrons. The second-order valence-electron chi connectivity index (χ2n) is 7.84. The van der Waals surface area contributed by atoms with E-state index < -0.39 is 0 Å². The van der Waals surface area contributed by atoms with Gasteiger partial charge in [-0.1, -0.05) is 0 Å². The second-order valence-corrected chi connectivity index (χ2v) is 7.84. The number of aromatic nitrogens is 4. The lowest BCUT2D eigenvalue weighted by molar-refractivity contribution is 0.0303. The average Bonchev–Trinajstić information content (AvgIpc) is 3.35. The number of fused-ring (bicyclic) bond motifs is 3. The fourth-order valence-electron chi connectivity index (χ4n) is 4.25. The van der Waals surface area contributed by atoms with Gasteiger partial charge in [-0.05, 0) is 37.1 Å². The van der Waals surface area contributed by atoms with Crippen molar-refractivity contribution in [1.29, 1.82) is 0 Å². The molecule has 1 aromatic carbocycles. The smallest absolute Gasteiger partial charge is 0.318 e. The number of aliphatic hydroxyl groups excluding tert-OH is 1. The summed E-state index contributed by atoms with van der Waals surface area (Å²) in [7, 11) is 1.57. The van der Waals surface area contributed by atoms with Gasteiger partial charge in [-0.15, -0.1) is 0 Å². The summed E-state index contributed by atoms with van der Waals surface area (Å²) in [5.41, 5.74) is 2.21. The Morgan fingerprint density at radius 2 is 1.94 bits per heavy atom. The van der Waals surface area contributed by atoms with E-state index in [2.05, 4.69) is 20.6 Å². The van der Waals surface area contributed by atoms with E-state index in [0.717, 1.165) is 42.7 Å². The molecular weight excluding hydrogens is 398 g/mol. The lowest BCUT2D eigenvalue weighted by Gasteiger charge is -2.33. The number of hydrogen-bond acceptors (Lipinski definition) is 7. The number of benzene rings is 1. The molecule has 2 aliphatic rings. The molecule has 2 aromatic heterocycles. The lowest BCUT2D eigenvalue weighted by Crippen LogP contribution is -2.43. The first kappa shape index (κ1) is 19.7. The quantitative estimate of drug-likeness (QED) is 0.571. The van der Waals surface area contributed by atoms with Crippen LogP contribution in [0.2, 0.25) is 0 Å². The third-order valence-corrected chi connectivity index (χ3v) is 5.76. The molecule has 5 rings (SSSR count). The van der Waals surface area contributed by atoms with E-state index >= 15 is 0 Å². The Morgan fingerprint density at radius 1 is 1.19 bits per heavy atom. The molecule has 2 atom stereocenters. The maximum atomic E-state index is 11.5. The zero-order valence-electron chi connectivity index (χ0n) is 17.3. The number of aliphatic hydroxyl groups is 1. The van der Waals surface area contributed by atoms with E-state index in [1.807, 2.05) is 24.3 Å². The van der Waals surface area contributed by atoms with Gasteiger partial charge in [0.25, 0.3) is 0 Å². The number of amides is 2. The normalized spacial score (nSPS) is 20.3. The molecule has 2 saturated heterocycles. The Morgan fingerprint density at radius 3 is 2.61 bits per heavy atom. The van der Waals surface area contributed by atoms with Gasteiger partial charge in [-0.2, -0.15) is 5.10 Å². The van der Waals surface area contributed by atoms with Crippen molar-refractivity contribution in [2.75, 3.05) is 37.0 Å². The third kappa shape index (κ3) is 3.79. The fourth-order valence-corrected chi connectivity index (χ4v) is 4.25. The predicted molar refractivity (Wildman–Crippen MR) is 116 cm³/mol. The molecule has 4 heterocycles. The third-order valence-electron chi connectivity index (χ3n) is 5.76. The van der Waals surface area contributed by atoms with Crippen molar-refractivity contribution in [3.8, 4) is 11.4 Å². The summed E-state index contributed by atoms with van der Waals surface area (Å²) < 4.78 is 7.70. The number of nitrogens with one attached hydrogen (secondary N) is 2. The van der Waals surface area contributed by atoms with Gasteiger partial charge >= 0.3 is 6.03 Å². The van der Waals surface area contributed by atoms with Crippen molar-refractivity contribution in [1.82, 2.24) is 25.1 Å². The van der Waals surface area contributed by atoms with Gasteiger partial charge in [0.2, 0.25) is 0 Å². The van der Waals surface area contributed by atoms with Crippen molar-refractivity contribution >= 4 is 28.6 Å². The lowest BCUT2D eigenvalue weighted by atomic mass is 10.2. The van der Waals surface area contributed by atoms with Crippen molar-refractivity contribution in [3.63, 3.8) is 0 Å². The van der Waals surface area contributed by atoms with Crippen molar-refractivity contribution < 1.29 is 14.6 Å². The van der Waals surface area contributed by atoms with Gasteiger partial charge in [0.05, 0.1) is 36.9 Å². The highest BCUT2D eigenvalue weighted by Crippen LogP contribution is 2.33. The number of ether oxygens (including phenoxy) is 1. The summed E-state index contributed by atoms with van der Waals surface area (Å²) in [5, 5.41) is 20.0. The highest BCUT2D eigenvalue weighted by molar-refractivity contribution is 5.90. The van der Waals surface area contributed by atoms with E-state index in [9.17, 15) is 9.90 Å².